The van der Waals surface area contributed by atoms with Crippen LogP contribution in [0.3, 0.4) is 0 Å². The first-order valence-corrected chi connectivity index (χ1v) is 22.1. The second kappa shape index (κ2) is 25.8. The second-order valence-electron chi connectivity index (χ2n) is 9.95. The molecule has 0 radical (unpaired) electrons. The van der Waals surface area contributed by atoms with Crippen molar-refractivity contribution in [3.05, 3.63) is 0 Å². The highest BCUT2D eigenvalue weighted by Crippen LogP contribution is 2.30. The van der Waals surface area contributed by atoms with Gasteiger partial charge in [-0.3, -0.25) is 0 Å². The van der Waals surface area contributed by atoms with Crippen LogP contribution in [0.4, 0.5) is 0 Å². The molecule has 0 spiro atoms. The lowest BCUT2D eigenvalue weighted by Crippen LogP contribution is -2.36. The van der Waals surface area contributed by atoms with Gasteiger partial charge in [0.15, 0.2) is 8.32 Å². The van der Waals surface area contributed by atoms with E-state index in [1.165, 1.54) is 95.2 Å². The summed E-state index contributed by atoms with van der Waals surface area (Å²) < 4.78 is 39.1. The van der Waals surface area contributed by atoms with Gasteiger partial charge in [0.2, 0.25) is 0 Å². The van der Waals surface area contributed by atoms with E-state index in [4.69, 9.17) is 31.0 Å². The van der Waals surface area contributed by atoms with E-state index in [1.807, 2.05) is 7.11 Å². The van der Waals surface area contributed by atoms with Gasteiger partial charge in [0.25, 0.3) is 0 Å². The molecule has 0 aromatic heterocycles. The minimum Gasteiger partial charge on any atom is -0.420 e. The third-order valence-electron chi connectivity index (χ3n) is 7.48. The molecule has 36 heavy (non-hydrogen) atoms. The molecule has 0 heterocycles. The van der Waals surface area contributed by atoms with Crippen LogP contribution < -0.4 is 0 Å². The molecule has 0 atom stereocenters. The largest absolute Gasteiger partial charge is 0.420 e. The third kappa shape index (κ3) is 18.8. The molecule has 0 saturated heterocycles. The van der Waals surface area contributed by atoms with E-state index >= 15 is 0 Å². The number of rotatable bonds is 28. The van der Waals surface area contributed by atoms with E-state index in [9.17, 15) is 0 Å². The standard InChI is InChI=1S/C25H60O7Si4/c1-26-33(27-2)20-14-8-11-17-23-36(32-7,24-18-12-9-15-21-34(28-3)29-4)25-19-13-10-16-22-35(30-5)31-6/h33-35H,8-25H2,1-7H3. The lowest BCUT2D eigenvalue weighted by atomic mass is 10.2. The predicted octanol–water partition coefficient (Wildman–Crippen LogP) is 5.80. The van der Waals surface area contributed by atoms with Crippen LogP contribution in [0.25, 0.3) is 0 Å². The minimum atomic E-state index is -1.68. The van der Waals surface area contributed by atoms with Gasteiger partial charge in [0, 0.05) is 49.8 Å². The van der Waals surface area contributed by atoms with Crippen LogP contribution >= 0.6 is 0 Å². The van der Waals surface area contributed by atoms with Crippen molar-refractivity contribution in [3.8, 4) is 0 Å². The Kier molecular flexibility index (Phi) is 26.3. The molecule has 0 aliphatic carbocycles. The zero-order valence-corrected chi connectivity index (χ0v) is 29.3. The van der Waals surface area contributed by atoms with Gasteiger partial charge in [-0.1, -0.05) is 77.0 Å². The summed E-state index contributed by atoms with van der Waals surface area (Å²) in [5, 5.41) is 0. The third-order valence-corrected chi connectivity index (χ3v) is 17.9. The van der Waals surface area contributed by atoms with Crippen LogP contribution in [0.15, 0.2) is 0 Å². The molecule has 0 fully saturated rings. The van der Waals surface area contributed by atoms with E-state index in [2.05, 4.69) is 0 Å². The molecule has 0 aliphatic heterocycles. The molecule has 0 rings (SSSR count). The lowest BCUT2D eigenvalue weighted by Gasteiger charge is -2.30. The molecule has 0 aromatic rings. The highest BCUT2D eigenvalue weighted by Gasteiger charge is 2.32. The first-order chi connectivity index (χ1) is 17.5. The van der Waals surface area contributed by atoms with Crippen LogP contribution in [0, 0.1) is 0 Å². The van der Waals surface area contributed by atoms with Crippen molar-refractivity contribution in [2.45, 2.75) is 113 Å². The minimum absolute atomic E-state index is 1.12. The van der Waals surface area contributed by atoms with Crippen molar-refractivity contribution < 1.29 is 31.0 Å². The van der Waals surface area contributed by atoms with E-state index in [-0.39, 0.29) is 0 Å². The molecule has 0 aliphatic rings. The number of hydrogen-bond donors (Lipinski definition) is 0. The molecule has 218 valence electrons. The molecule has 11 heteroatoms. The van der Waals surface area contributed by atoms with Crippen molar-refractivity contribution in [2.24, 2.45) is 0 Å². The second-order valence-corrected chi connectivity index (χ2v) is 21.4. The predicted molar refractivity (Wildman–Crippen MR) is 161 cm³/mol. The average Bonchev–Trinajstić information content (AvgIpc) is 2.91. The summed E-state index contributed by atoms with van der Waals surface area (Å²) in [6, 6.07) is 7.28. The summed E-state index contributed by atoms with van der Waals surface area (Å²) in [4.78, 5) is 0. The van der Waals surface area contributed by atoms with E-state index < -0.39 is 36.2 Å². The zero-order chi connectivity index (χ0) is 26.9. The molecular formula is C25H60O7Si4. The van der Waals surface area contributed by atoms with Gasteiger partial charge in [-0.25, -0.2) is 0 Å². The quantitative estimate of drug-likeness (QED) is 0.0851. The number of hydrogen-bond acceptors (Lipinski definition) is 7. The van der Waals surface area contributed by atoms with Crippen molar-refractivity contribution in [1.82, 2.24) is 0 Å². The van der Waals surface area contributed by atoms with Crippen LogP contribution in [0.2, 0.25) is 36.3 Å². The maximum atomic E-state index is 6.42. The smallest absolute Gasteiger partial charge is 0.320 e. The van der Waals surface area contributed by atoms with Gasteiger partial charge >= 0.3 is 27.9 Å². The topological polar surface area (TPSA) is 64.6 Å². The Labute approximate surface area is 229 Å². The summed E-state index contributed by atoms with van der Waals surface area (Å²) in [5.74, 6) is 0. The Morgan fingerprint density at radius 3 is 0.833 bits per heavy atom. The molecular weight excluding hydrogens is 525 g/mol. The average molecular weight is 585 g/mol. The molecule has 7 nitrogen and oxygen atoms in total. The summed E-state index contributed by atoms with van der Waals surface area (Å²) in [7, 11) is 6.81. The highest BCUT2D eigenvalue weighted by molar-refractivity contribution is 6.73. The summed E-state index contributed by atoms with van der Waals surface area (Å²) >= 11 is 0. The van der Waals surface area contributed by atoms with Gasteiger partial charge in [0.05, 0.1) is 0 Å². The van der Waals surface area contributed by atoms with Gasteiger partial charge in [-0.05, 0) is 36.3 Å². The summed E-state index contributed by atoms with van der Waals surface area (Å²) in [6.07, 6.45) is 15.3. The monoisotopic (exact) mass is 584 g/mol. The van der Waals surface area contributed by atoms with Crippen LogP contribution in [0.1, 0.15) is 77.0 Å². The van der Waals surface area contributed by atoms with Gasteiger partial charge < -0.3 is 31.0 Å². The molecule has 0 saturated carbocycles. The Morgan fingerprint density at radius 2 is 0.611 bits per heavy atom. The van der Waals surface area contributed by atoms with Crippen LogP contribution in [0.5, 0.6) is 0 Å². The number of unbranched alkanes of at least 4 members (excludes halogenated alkanes) is 9. The van der Waals surface area contributed by atoms with Crippen LogP contribution in [-0.2, 0) is 31.0 Å². The normalized spacial score (nSPS) is 12.5. The maximum Gasteiger partial charge on any atom is 0.320 e. The van der Waals surface area contributed by atoms with E-state index in [0.717, 1.165) is 18.1 Å². The van der Waals surface area contributed by atoms with Crippen molar-refractivity contribution >= 4 is 36.2 Å². The Bertz CT molecular complexity index is 394. The SMILES string of the molecule is CO[SiH](CCCCCC[Si](CCCCCC[SiH](OC)OC)(CCCCCC[SiH](OC)OC)OC)OC. The van der Waals surface area contributed by atoms with Crippen LogP contribution in [-0.4, -0.2) is 85.9 Å². The van der Waals surface area contributed by atoms with E-state index in [0.29, 0.717) is 0 Å². The molecule has 0 aromatic carbocycles. The first kappa shape index (κ1) is 36.6. The highest BCUT2D eigenvalue weighted by atomic mass is 28.4. The Hall–Kier alpha value is 0.588. The summed E-state index contributed by atoms with van der Waals surface area (Å²) in [5.41, 5.74) is 0. The fraction of sp³-hybridized carbons (Fsp3) is 1.00. The van der Waals surface area contributed by atoms with E-state index in [1.54, 1.807) is 42.7 Å². The molecule has 0 bridgehead atoms. The molecule has 0 amide bonds. The van der Waals surface area contributed by atoms with Gasteiger partial charge in [-0.15, -0.1) is 0 Å². The lowest BCUT2D eigenvalue weighted by molar-refractivity contribution is 0.276. The molecule has 0 unspecified atom stereocenters. The Morgan fingerprint density at radius 1 is 0.361 bits per heavy atom. The van der Waals surface area contributed by atoms with Gasteiger partial charge in [-0.2, -0.15) is 0 Å². The fourth-order valence-corrected chi connectivity index (χ4v) is 12.9. The van der Waals surface area contributed by atoms with Crippen molar-refractivity contribution in [2.75, 3.05) is 49.8 Å². The van der Waals surface area contributed by atoms with Crippen molar-refractivity contribution in [3.63, 3.8) is 0 Å². The Balaban J connectivity index is 4.49. The first-order valence-electron chi connectivity index (χ1n) is 14.3. The maximum absolute atomic E-state index is 6.42. The zero-order valence-electron chi connectivity index (χ0n) is 24.8. The summed E-state index contributed by atoms with van der Waals surface area (Å²) in [6.45, 7) is 0. The fourth-order valence-electron chi connectivity index (χ4n) is 5.01. The van der Waals surface area contributed by atoms with Gasteiger partial charge in [0.1, 0.15) is 0 Å². The van der Waals surface area contributed by atoms with Crippen molar-refractivity contribution in [1.29, 1.82) is 0 Å². The molecule has 0 N–H and O–H groups in total.